The van der Waals surface area contributed by atoms with Gasteiger partial charge in [0.25, 0.3) is 5.91 Å². The second-order valence-electron chi connectivity index (χ2n) is 6.71. The number of alkyl halides is 3. The zero-order valence-electron chi connectivity index (χ0n) is 16.3. The normalized spacial score (nSPS) is 11.9. The van der Waals surface area contributed by atoms with Crippen molar-refractivity contribution in [3.63, 3.8) is 0 Å². The molecule has 0 spiro atoms. The molecule has 29 heavy (non-hydrogen) atoms. The number of nitrogens with one attached hydrogen (secondary N) is 1. The van der Waals surface area contributed by atoms with E-state index in [-0.39, 0.29) is 5.56 Å². The minimum Gasteiger partial charge on any atom is -0.334 e. The molecule has 154 valence electrons. The number of benzene rings is 2. The number of amides is 1. The smallest absolute Gasteiger partial charge is 0.334 e. The van der Waals surface area contributed by atoms with Crippen LogP contribution in [0.4, 0.5) is 18.3 Å². The van der Waals surface area contributed by atoms with Gasteiger partial charge in [0.15, 0.2) is 5.13 Å². The van der Waals surface area contributed by atoms with Crippen molar-refractivity contribution in [3.05, 3.63) is 59.7 Å². The number of fused-ring (bicyclic) bond motifs is 1. The second kappa shape index (κ2) is 8.92. The Hall–Kier alpha value is -2.45. The van der Waals surface area contributed by atoms with E-state index in [1.807, 2.05) is 24.3 Å². The van der Waals surface area contributed by atoms with Crippen LogP contribution in [0, 0.1) is 0 Å². The Morgan fingerprint density at radius 2 is 1.83 bits per heavy atom. The van der Waals surface area contributed by atoms with Crippen LogP contribution in [0.2, 0.25) is 0 Å². The number of nitrogens with zero attached hydrogens (tertiary/aromatic N) is 2. The Kier molecular flexibility index (Phi) is 6.54. The van der Waals surface area contributed by atoms with Crippen molar-refractivity contribution in [3.8, 4) is 0 Å². The Morgan fingerprint density at radius 3 is 2.48 bits per heavy atom. The standard InChI is InChI=1S/C21H22F3N3OS/c1-3-26(4-2)12-13-27(20-25-17-10-5-6-11-18(17)29-20)19(28)15-8-7-9-16(14-15)21(22,23)24/h5-11,14H,3-4,12-13H2,1-2H3/p+1. The molecule has 0 aliphatic rings. The number of quaternary nitrogens is 1. The Morgan fingerprint density at radius 1 is 1.10 bits per heavy atom. The van der Waals surface area contributed by atoms with Crippen LogP contribution in [-0.4, -0.2) is 37.1 Å². The molecule has 8 heteroatoms. The summed E-state index contributed by atoms with van der Waals surface area (Å²) in [5.41, 5.74) is -0.0554. The van der Waals surface area contributed by atoms with Crippen LogP contribution >= 0.6 is 11.3 Å². The number of thiazole rings is 1. The quantitative estimate of drug-likeness (QED) is 0.627. The summed E-state index contributed by atoms with van der Waals surface area (Å²) in [6.45, 7) is 7.01. The topological polar surface area (TPSA) is 37.6 Å². The zero-order valence-corrected chi connectivity index (χ0v) is 17.1. The molecular weight excluding hydrogens is 399 g/mol. The number of anilines is 1. The predicted molar refractivity (Wildman–Crippen MR) is 110 cm³/mol. The molecule has 0 fully saturated rings. The SMILES string of the molecule is CC[NH+](CC)CCN(C(=O)c1cccc(C(F)(F)F)c1)c1nc2ccccc2s1. The van der Waals surface area contributed by atoms with E-state index in [4.69, 9.17) is 0 Å². The predicted octanol–water partition coefficient (Wildman–Crippen LogP) is 3.89. The number of para-hydroxylation sites is 1. The molecule has 3 rings (SSSR count). The van der Waals surface area contributed by atoms with Crippen molar-refractivity contribution in [2.45, 2.75) is 20.0 Å². The van der Waals surface area contributed by atoms with Gasteiger partial charge < -0.3 is 4.90 Å². The first-order valence-electron chi connectivity index (χ1n) is 9.51. The molecule has 0 atom stereocenters. The van der Waals surface area contributed by atoms with Gasteiger partial charge in [-0.25, -0.2) is 4.98 Å². The molecule has 0 aliphatic heterocycles. The number of carbonyl (C=O) groups excluding carboxylic acids is 1. The van der Waals surface area contributed by atoms with Crippen molar-refractivity contribution in [1.29, 1.82) is 0 Å². The van der Waals surface area contributed by atoms with E-state index in [1.165, 1.54) is 33.3 Å². The summed E-state index contributed by atoms with van der Waals surface area (Å²) in [4.78, 5) is 20.6. The first kappa shape index (κ1) is 21.3. The number of aromatic nitrogens is 1. The van der Waals surface area contributed by atoms with Gasteiger partial charge in [-0.15, -0.1) is 0 Å². The molecule has 0 radical (unpaired) electrons. The molecule has 2 aromatic carbocycles. The number of rotatable bonds is 7. The zero-order chi connectivity index (χ0) is 21.0. The molecule has 0 saturated heterocycles. The van der Waals surface area contributed by atoms with Crippen molar-refractivity contribution in [2.24, 2.45) is 0 Å². The number of hydrogen-bond donors (Lipinski definition) is 1. The lowest BCUT2D eigenvalue weighted by Crippen LogP contribution is -3.12. The van der Waals surface area contributed by atoms with Crippen molar-refractivity contribution in [1.82, 2.24) is 4.98 Å². The average Bonchev–Trinajstić information content (AvgIpc) is 3.14. The van der Waals surface area contributed by atoms with Gasteiger partial charge in [0, 0.05) is 5.56 Å². The molecule has 4 nitrogen and oxygen atoms in total. The van der Waals surface area contributed by atoms with Crippen molar-refractivity contribution >= 4 is 32.6 Å². The highest BCUT2D eigenvalue weighted by Crippen LogP contribution is 2.32. The summed E-state index contributed by atoms with van der Waals surface area (Å²) in [6.07, 6.45) is -4.50. The molecular formula is C21H23F3N3OS+. The third-order valence-corrected chi connectivity index (χ3v) is 5.94. The molecule has 0 unspecified atom stereocenters. The fraction of sp³-hybridized carbons (Fsp3) is 0.333. The van der Waals surface area contributed by atoms with E-state index in [1.54, 1.807) is 0 Å². The summed E-state index contributed by atoms with van der Waals surface area (Å²) in [5.74, 6) is -0.471. The lowest BCUT2D eigenvalue weighted by atomic mass is 10.1. The van der Waals surface area contributed by atoms with Gasteiger partial charge in [0.2, 0.25) is 0 Å². The minimum atomic E-state index is -4.50. The number of halogens is 3. The highest BCUT2D eigenvalue weighted by molar-refractivity contribution is 7.22. The van der Waals surface area contributed by atoms with Crippen LogP contribution in [0.5, 0.6) is 0 Å². The highest BCUT2D eigenvalue weighted by atomic mass is 32.1. The number of likely N-dealkylation sites (N-methyl/N-ethyl adjacent to an activating group) is 1. The number of hydrogen-bond acceptors (Lipinski definition) is 3. The van der Waals surface area contributed by atoms with E-state index >= 15 is 0 Å². The molecule has 3 aromatic rings. The third kappa shape index (κ3) is 4.94. The minimum absolute atomic E-state index is 0.00799. The summed E-state index contributed by atoms with van der Waals surface area (Å²) in [7, 11) is 0. The fourth-order valence-corrected chi connectivity index (χ4v) is 4.11. The maximum atomic E-state index is 13.2. The largest absolute Gasteiger partial charge is 0.416 e. The lowest BCUT2D eigenvalue weighted by molar-refractivity contribution is -0.894. The Bertz CT molecular complexity index is 949. The van der Waals surface area contributed by atoms with Crippen LogP contribution in [0.25, 0.3) is 10.2 Å². The van der Waals surface area contributed by atoms with Crippen LogP contribution < -0.4 is 9.80 Å². The molecule has 1 heterocycles. The van der Waals surface area contributed by atoms with Crippen LogP contribution in [0.3, 0.4) is 0 Å². The van der Waals surface area contributed by atoms with Crippen LogP contribution in [0.1, 0.15) is 29.8 Å². The van der Waals surface area contributed by atoms with Gasteiger partial charge in [-0.3, -0.25) is 9.69 Å². The lowest BCUT2D eigenvalue weighted by Gasteiger charge is -2.23. The van der Waals surface area contributed by atoms with Gasteiger partial charge in [0.05, 0.1) is 42.0 Å². The van der Waals surface area contributed by atoms with Gasteiger partial charge >= 0.3 is 6.18 Å². The molecule has 1 N–H and O–H groups in total. The van der Waals surface area contributed by atoms with Gasteiger partial charge in [0.1, 0.15) is 0 Å². The van der Waals surface area contributed by atoms with Crippen LogP contribution in [0.15, 0.2) is 48.5 Å². The average molecular weight is 422 g/mol. The molecule has 0 aliphatic carbocycles. The third-order valence-electron chi connectivity index (χ3n) is 4.88. The summed E-state index contributed by atoms with van der Waals surface area (Å²) >= 11 is 1.37. The van der Waals surface area contributed by atoms with Crippen molar-refractivity contribution < 1.29 is 22.9 Å². The fourth-order valence-electron chi connectivity index (χ4n) is 3.12. The van der Waals surface area contributed by atoms with Gasteiger partial charge in [-0.05, 0) is 44.2 Å². The summed E-state index contributed by atoms with van der Waals surface area (Å²) in [5, 5.41) is 0.500. The molecule has 0 saturated carbocycles. The molecule has 1 aromatic heterocycles. The van der Waals surface area contributed by atoms with Crippen LogP contribution in [-0.2, 0) is 6.18 Å². The van der Waals surface area contributed by atoms with Crippen molar-refractivity contribution in [2.75, 3.05) is 31.1 Å². The molecule has 0 bridgehead atoms. The highest BCUT2D eigenvalue weighted by Gasteiger charge is 2.32. The summed E-state index contributed by atoms with van der Waals surface area (Å²) in [6, 6.07) is 12.1. The van der Waals surface area contributed by atoms with E-state index in [0.717, 1.165) is 35.4 Å². The van der Waals surface area contributed by atoms with E-state index in [0.29, 0.717) is 18.2 Å². The second-order valence-corrected chi connectivity index (χ2v) is 7.72. The first-order chi connectivity index (χ1) is 13.8. The number of carbonyl (C=O) groups is 1. The Balaban J connectivity index is 1.96. The monoisotopic (exact) mass is 422 g/mol. The molecule has 1 amide bonds. The first-order valence-corrected chi connectivity index (χ1v) is 10.3. The maximum absolute atomic E-state index is 13.2. The van der Waals surface area contributed by atoms with E-state index < -0.39 is 17.6 Å². The van der Waals surface area contributed by atoms with E-state index in [9.17, 15) is 18.0 Å². The maximum Gasteiger partial charge on any atom is 0.416 e. The summed E-state index contributed by atoms with van der Waals surface area (Å²) < 4.78 is 40.2. The van der Waals surface area contributed by atoms with Gasteiger partial charge in [-0.1, -0.05) is 29.5 Å². The van der Waals surface area contributed by atoms with E-state index in [2.05, 4.69) is 18.8 Å². The van der Waals surface area contributed by atoms with Gasteiger partial charge in [-0.2, -0.15) is 13.2 Å². The Labute approximate surface area is 171 Å².